The number of rotatable bonds is 2. The number of aromatic nitrogens is 4. The van der Waals surface area contributed by atoms with E-state index in [1.165, 1.54) is 12.1 Å². The number of H-pyrrole nitrogens is 2. The summed E-state index contributed by atoms with van der Waals surface area (Å²) in [7, 11) is 0. The van der Waals surface area contributed by atoms with Gasteiger partial charge >= 0.3 is 6.09 Å². The second-order valence-corrected chi connectivity index (χ2v) is 6.94. The normalized spacial score (nSPS) is 13.9. The number of anilines is 1. The van der Waals surface area contributed by atoms with Crippen LogP contribution in [0.1, 0.15) is 42.5 Å². The van der Waals surface area contributed by atoms with Crippen LogP contribution in [0.4, 0.5) is 10.6 Å². The van der Waals surface area contributed by atoms with Gasteiger partial charge in [0.25, 0.3) is 11.5 Å². The molecule has 138 valence electrons. The van der Waals surface area contributed by atoms with Gasteiger partial charge in [-0.05, 0) is 33.3 Å². The van der Waals surface area contributed by atoms with Crippen LogP contribution in [0.5, 0.6) is 0 Å². The summed E-state index contributed by atoms with van der Waals surface area (Å²) in [6.07, 6.45) is 0.139. The van der Waals surface area contributed by atoms with Crippen molar-refractivity contribution in [2.24, 2.45) is 0 Å². The Morgan fingerprint density at radius 1 is 1.23 bits per heavy atom. The van der Waals surface area contributed by atoms with Crippen LogP contribution in [-0.4, -0.2) is 49.4 Å². The average Bonchev–Trinajstić information content (AvgIpc) is 2.96. The van der Waals surface area contributed by atoms with E-state index < -0.39 is 11.5 Å². The molecule has 10 heteroatoms. The standard InChI is InChI=1S/C16H20N6O4/c1-16(2,3)26-15(25)22-7-6-9-11(8-22)19-21-13(9)17-14(24)10-4-5-12(23)20-18-10/h4-5H,6-8H2,1-3H3,(H,20,23)(H2,17,19,21,24). The smallest absolute Gasteiger partial charge is 0.410 e. The lowest BCUT2D eigenvalue weighted by Gasteiger charge is -2.29. The molecule has 2 aromatic rings. The monoisotopic (exact) mass is 360 g/mol. The van der Waals surface area contributed by atoms with E-state index in [-0.39, 0.29) is 17.3 Å². The second kappa shape index (κ2) is 6.62. The summed E-state index contributed by atoms with van der Waals surface area (Å²) in [5.41, 5.74) is 0.705. The number of carbonyl (C=O) groups is 2. The van der Waals surface area contributed by atoms with Gasteiger partial charge in [-0.25, -0.2) is 9.89 Å². The first-order valence-corrected chi connectivity index (χ1v) is 8.14. The molecule has 0 saturated carbocycles. The number of fused-ring (bicyclic) bond motifs is 1. The summed E-state index contributed by atoms with van der Waals surface area (Å²) in [4.78, 5) is 37.0. The highest BCUT2D eigenvalue weighted by Crippen LogP contribution is 2.25. The Bertz CT molecular complexity index is 874. The zero-order valence-corrected chi connectivity index (χ0v) is 14.8. The Balaban J connectivity index is 1.69. The maximum atomic E-state index is 12.2. The first-order chi connectivity index (χ1) is 12.2. The third kappa shape index (κ3) is 3.90. The average molecular weight is 360 g/mol. The molecule has 0 fully saturated rings. The number of carbonyl (C=O) groups excluding carboxylic acids is 2. The van der Waals surface area contributed by atoms with Crippen molar-refractivity contribution >= 4 is 17.8 Å². The summed E-state index contributed by atoms with van der Waals surface area (Å²) >= 11 is 0. The molecule has 0 atom stereocenters. The number of aromatic amines is 2. The van der Waals surface area contributed by atoms with Crippen LogP contribution in [0, 0.1) is 0 Å². The van der Waals surface area contributed by atoms with Gasteiger partial charge in [0.2, 0.25) is 0 Å². The van der Waals surface area contributed by atoms with Crippen LogP contribution in [0.3, 0.4) is 0 Å². The highest BCUT2D eigenvalue weighted by molar-refractivity contribution is 6.02. The maximum absolute atomic E-state index is 12.2. The minimum atomic E-state index is -0.561. The van der Waals surface area contributed by atoms with Gasteiger partial charge in [0.15, 0.2) is 5.82 Å². The molecule has 3 N–H and O–H groups in total. The van der Waals surface area contributed by atoms with Crippen LogP contribution in [0.15, 0.2) is 16.9 Å². The lowest BCUT2D eigenvalue weighted by Crippen LogP contribution is -2.40. The molecule has 10 nitrogen and oxygen atoms in total. The van der Waals surface area contributed by atoms with Crippen LogP contribution in [0.2, 0.25) is 0 Å². The van der Waals surface area contributed by atoms with E-state index in [1.54, 1.807) is 4.90 Å². The van der Waals surface area contributed by atoms with Crippen molar-refractivity contribution in [1.29, 1.82) is 0 Å². The molecule has 0 unspecified atom stereocenters. The molecule has 0 saturated heterocycles. The number of hydrogen-bond donors (Lipinski definition) is 3. The molecule has 0 aliphatic carbocycles. The predicted octanol–water partition coefficient (Wildman–Crippen LogP) is 1.04. The van der Waals surface area contributed by atoms with Crippen molar-refractivity contribution in [3.8, 4) is 0 Å². The van der Waals surface area contributed by atoms with E-state index in [4.69, 9.17) is 4.74 Å². The third-order valence-corrected chi connectivity index (χ3v) is 3.73. The lowest BCUT2D eigenvalue weighted by molar-refractivity contribution is 0.0221. The van der Waals surface area contributed by atoms with Crippen molar-refractivity contribution in [1.82, 2.24) is 25.3 Å². The fourth-order valence-electron chi connectivity index (χ4n) is 2.55. The molecular weight excluding hydrogens is 340 g/mol. The van der Waals surface area contributed by atoms with Crippen molar-refractivity contribution < 1.29 is 14.3 Å². The first kappa shape index (κ1) is 17.6. The van der Waals surface area contributed by atoms with Crippen LogP contribution in [0.25, 0.3) is 0 Å². The van der Waals surface area contributed by atoms with Gasteiger partial charge in [-0.3, -0.25) is 14.7 Å². The van der Waals surface area contributed by atoms with Gasteiger partial charge in [0, 0.05) is 18.2 Å². The van der Waals surface area contributed by atoms with E-state index >= 15 is 0 Å². The fourth-order valence-corrected chi connectivity index (χ4v) is 2.55. The van der Waals surface area contributed by atoms with E-state index in [0.29, 0.717) is 25.3 Å². The summed E-state index contributed by atoms with van der Waals surface area (Å²) < 4.78 is 5.38. The number of nitrogens with zero attached hydrogens (tertiary/aromatic N) is 3. The minimum absolute atomic E-state index is 0.0764. The van der Waals surface area contributed by atoms with Gasteiger partial charge in [0.05, 0.1) is 12.2 Å². The highest BCUT2D eigenvalue weighted by atomic mass is 16.6. The molecule has 0 bridgehead atoms. The molecule has 2 aromatic heterocycles. The third-order valence-electron chi connectivity index (χ3n) is 3.73. The predicted molar refractivity (Wildman–Crippen MR) is 91.7 cm³/mol. The first-order valence-electron chi connectivity index (χ1n) is 8.14. The van der Waals surface area contributed by atoms with Gasteiger partial charge in [-0.2, -0.15) is 10.2 Å². The van der Waals surface area contributed by atoms with Gasteiger partial charge in [-0.1, -0.05) is 0 Å². The Kier molecular flexibility index (Phi) is 4.49. The molecule has 1 aliphatic heterocycles. The van der Waals surface area contributed by atoms with Crippen LogP contribution < -0.4 is 10.9 Å². The number of nitrogens with one attached hydrogen (secondary N) is 3. The second-order valence-electron chi connectivity index (χ2n) is 6.94. The molecule has 0 spiro atoms. The summed E-state index contributed by atoms with van der Waals surface area (Å²) in [6, 6.07) is 2.55. The summed E-state index contributed by atoms with van der Waals surface area (Å²) in [5, 5.41) is 15.5. The Morgan fingerprint density at radius 3 is 2.65 bits per heavy atom. The molecule has 1 aliphatic rings. The lowest BCUT2D eigenvalue weighted by atomic mass is 10.1. The largest absolute Gasteiger partial charge is 0.444 e. The van der Waals surface area contributed by atoms with Crippen molar-refractivity contribution in [3.05, 3.63) is 39.4 Å². The zero-order chi connectivity index (χ0) is 18.9. The van der Waals surface area contributed by atoms with E-state index in [2.05, 4.69) is 25.7 Å². The molecule has 0 aromatic carbocycles. The molecule has 0 radical (unpaired) electrons. The van der Waals surface area contributed by atoms with Gasteiger partial charge in [-0.15, -0.1) is 0 Å². The fraction of sp³-hybridized carbons (Fsp3) is 0.438. The number of hydrogen-bond acceptors (Lipinski definition) is 6. The Morgan fingerprint density at radius 2 is 2.00 bits per heavy atom. The summed E-state index contributed by atoms with van der Waals surface area (Å²) in [6.45, 7) is 6.23. The maximum Gasteiger partial charge on any atom is 0.410 e. The van der Waals surface area contributed by atoms with Gasteiger partial charge in [0.1, 0.15) is 11.3 Å². The topological polar surface area (TPSA) is 133 Å². The van der Waals surface area contributed by atoms with Gasteiger partial charge < -0.3 is 15.0 Å². The van der Waals surface area contributed by atoms with Crippen molar-refractivity contribution in [2.45, 2.75) is 39.3 Å². The highest BCUT2D eigenvalue weighted by Gasteiger charge is 2.29. The zero-order valence-electron chi connectivity index (χ0n) is 14.8. The molecule has 2 amide bonds. The SMILES string of the molecule is CC(C)(C)OC(=O)N1CCc2c(NC(=O)c3ccc(=O)[nH]n3)n[nH]c2C1. The van der Waals surface area contributed by atoms with E-state index in [1.807, 2.05) is 20.8 Å². The van der Waals surface area contributed by atoms with Crippen LogP contribution >= 0.6 is 0 Å². The Hall–Kier alpha value is -3.17. The summed E-state index contributed by atoms with van der Waals surface area (Å²) in [5.74, 6) is -0.0908. The van der Waals surface area contributed by atoms with E-state index in [0.717, 1.165) is 11.3 Å². The van der Waals surface area contributed by atoms with Crippen molar-refractivity contribution in [3.63, 3.8) is 0 Å². The van der Waals surface area contributed by atoms with Crippen LogP contribution in [-0.2, 0) is 17.7 Å². The van der Waals surface area contributed by atoms with Crippen molar-refractivity contribution in [2.75, 3.05) is 11.9 Å². The number of ether oxygens (including phenoxy) is 1. The molecule has 26 heavy (non-hydrogen) atoms. The molecule has 3 heterocycles. The quantitative estimate of drug-likeness (QED) is 0.733. The number of amides is 2. The minimum Gasteiger partial charge on any atom is -0.444 e. The molecule has 3 rings (SSSR count). The Labute approximate surface area is 148 Å². The molecular formula is C16H20N6O4. The van der Waals surface area contributed by atoms with E-state index in [9.17, 15) is 14.4 Å².